The van der Waals surface area contributed by atoms with Crippen LogP contribution in [-0.4, -0.2) is 27.3 Å². The molecule has 1 aromatic heterocycles. The van der Waals surface area contributed by atoms with E-state index in [2.05, 4.69) is 10.4 Å². The van der Waals surface area contributed by atoms with E-state index in [1.807, 2.05) is 60.7 Å². The van der Waals surface area contributed by atoms with E-state index in [1.165, 1.54) is 4.68 Å². The molecule has 0 spiro atoms. The number of amides is 1. The highest BCUT2D eigenvalue weighted by Gasteiger charge is 2.35. The molecule has 6 heteroatoms. The van der Waals surface area contributed by atoms with Crippen LogP contribution in [0.15, 0.2) is 71.7 Å². The molecule has 0 saturated carbocycles. The van der Waals surface area contributed by atoms with Gasteiger partial charge in [-0.15, -0.1) is 0 Å². The third kappa shape index (κ3) is 2.65. The van der Waals surface area contributed by atoms with Crippen molar-refractivity contribution in [3.05, 3.63) is 93.9 Å². The van der Waals surface area contributed by atoms with Crippen molar-refractivity contribution in [2.75, 3.05) is 6.54 Å². The van der Waals surface area contributed by atoms with Gasteiger partial charge in [0.2, 0.25) is 5.43 Å². The lowest BCUT2D eigenvalue weighted by atomic mass is 9.84. The number of carbonyl (C=O) groups is 1. The van der Waals surface area contributed by atoms with Gasteiger partial charge in [-0.05, 0) is 11.1 Å². The van der Waals surface area contributed by atoms with E-state index in [9.17, 15) is 14.7 Å². The van der Waals surface area contributed by atoms with E-state index in [1.54, 1.807) is 0 Å². The molecule has 3 aromatic rings. The molecule has 26 heavy (non-hydrogen) atoms. The second-order valence-corrected chi connectivity index (χ2v) is 6.23. The highest BCUT2D eigenvalue weighted by atomic mass is 16.3. The molecule has 1 aliphatic rings. The summed E-state index contributed by atoms with van der Waals surface area (Å²) in [6.45, 7) is 0.343. The average Bonchev–Trinajstić information content (AvgIpc) is 2.68. The van der Waals surface area contributed by atoms with Crippen LogP contribution in [0.2, 0.25) is 0 Å². The number of aromatic nitrogens is 2. The van der Waals surface area contributed by atoms with Gasteiger partial charge in [-0.2, -0.15) is 5.10 Å². The van der Waals surface area contributed by atoms with Gasteiger partial charge in [0.1, 0.15) is 0 Å². The maximum atomic E-state index is 12.2. The monoisotopic (exact) mass is 347 g/mol. The Kier molecular flexibility index (Phi) is 4.01. The third-order valence-corrected chi connectivity index (χ3v) is 4.69. The second-order valence-electron chi connectivity index (χ2n) is 6.23. The lowest BCUT2D eigenvalue weighted by Crippen LogP contribution is -2.44. The van der Waals surface area contributed by atoms with Gasteiger partial charge in [0.15, 0.2) is 11.4 Å². The summed E-state index contributed by atoms with van der Waals surface area (Å²) < 4.78 is 1.47. The van der Waals surface area contributed by atoms with Gasteiger partial charge in [0.05, 0.1) is 12.2 Å². The van der Waals surface area contributed by atoms with Crippen LogP contribution < -0.4 is 10.7 Å². The molecular weight excluding hydrogens is 330 g/mol. The van der Waals surface area contributed by atoms with Crippen molar-refractivity contribution in [1.29, 1.82) is 0 Å². The molecule has 0 fully saturated rings. The van der Waals surface area contributed by atoms with E-state index >= 15 is 0 Å². The van der Waals surface area contributed by atoms with Crippen molar-refractivity contribution in [1.82, 2.24) is 15.1 Å². The maximum Gasteiger partial charge on any atom is 0.273 e. The van der Waals surface area contributed by atoms with Crippen LogP contribution in [0.4, 0.5) is 0 Å². The minimum atomic E-state index is -0.664. The molecule has 1 amide bonds. The van der Waals surface area contributed by atoms with Crippen LogP contribution in [0, 0.1) is 0 Å². The van der Waals surface area contributed by atoms with Gasteiger partial charge in [-0.3, -0.25) is 14.3 Å². The minimum absolute atomic E-state index is 0.0920. The van der Waals surface area contributed by atoms with Crippen molar-refractivity contribution in [2.24, 2.45) is 0 Å². The Morgan fingerprint density at radius 2 is 1.58 bits per heavy atom. The van der Waals surface area contributed by atoms with Crippen LogP contribution in [0.3, 0.4) is 0 Å². The zero-order valence-electron chi connectivity index (χ0n) is 13.9. The summed E-state index contributed by atoms with van der Waals surface area (Å²) in [4.78, 5) is 24.0. The third-order valence-electron chi connectivity index (χ3n) is 4.69. The molecule has 130 valence electrons. The molecule has 0 radical (unpaired) electrons. The van der Waals surface area contributed by atoms with E-state index < -0.39 is 17.1 Å². The van der Waals surface area contributed by atoms with E-state index in [-0.39, 0.29) is 17.7 Å². The predicted molar refractivity (Wildman–Crippen MR) is 96.3 cm³/mol. The fraction of sp³-hybridized carbons (Fsp3) is 0.150. The highest BCUT2D eigenvalue weighted by Crippen LogP contribution is 2.37. The summed E-state index contributed by atoms with van der Waals surface area (Å²) in [6, 6.07) is 19.6. The summed E-state index contributed by atoms with van der Waals surface area (Å²) >= 11 is 0. The molecule has 4 rings (SSSR count). The molecule has 1 unspecified atom stereocenters. The molecule has 2 N–H and O–H groups in total. The average molecular weight is 347 g/mol. The first-order chi connectivity index (χ1) is 12.7. The molecule has 1 atom stereocenters. The number of hydrogen-bond acceptors (Lipinski definition) is 4. The highest BCUT2D eigenvalue weighted by molar-refractivity contribution is 5.95. The normalized spacial score (nSPS) is 16.2. The first kappa shape index (κ1) is 16.1. The molecule has 0 bridgehead atoms. The Bertz CT molecular complexity index is 960. The zero-order valence-corrected chi connectivity index (χ0v) is 13.9. The number of aromatic hydroxyl groups is 1. The number of benzene rings is 2. The van der Waals surface area contributed by atoms with Crippen LogP contribution in [-0.2, 0) is 0 Å². The molecule has 0 aliphatic carbocycles. The summed E-state index contributed by atoms with van der Waals surface area (Å²) in [7, 11) is 0. The standard InChI is InChI=1S/C20H17N3O3/c24-16-12-22-23-15(11-21-20(26)18(23)19(16)25)17(13-7-3-1-4-8-13)14-9-5-2-6-10-14/h1-10,12,15,17,25H,11H2,(H,21,26). The van der Waals surface area contributed by atoms with Crippen LogP contribution in [0.5, 0.6) is 5.75 Å². The topological polar surface area (TPSA) is 84.2 Å². The molecule has 6 nitrogen and oxygen atoms in total. The summed E-state index contributed by atoms with van der Waals surface area (Å²) in [6.07, 6.45) is 1.05. The largest absolute Gasteiger partial charge is 0.502 e. The Labute approximate surface area is 149 Å². The van der Waals surface area contributed by atoms with Gasteiger partial charge in [-0.1, -0.05) is 60.7 Å². The first-order valence-corrected chi connectivity index (χ1v) is 8.35. The maximum absolute atomic E-state index is 12.2. The number of hydrogen-bond donors (Lipinski definition) is 2. The van der Waals surface area contributed by atoms with Gasteiger partial charge in [-0.25, -0.2) is 0 Å². The molecule has 1 aliphatic heterocycles. The SMILES string of the molecule is O=C1NCC(C(c2ccccc2)c2ccccc2)n2ncc(=O)c(O)c21. The van der Waals surface area contributed by atoms with Gasteiger partial charge < -0.3 is 10.4 Å². The van der Waals surface area contributed by atoms with E-state index in [4.69, 9.17) is 0 Å². The van der Waals surface area contributed by atoms with Gasteiger partial charge in [0, 0.05) is 12.5 Å². The van der Waals surface area contributed by atoms with Gasteiger partial charge >= 0.3 is 0 Å². The first-order valence-electron chi connectivity index (χ1n) is 8.35. The Hall–Kier alpha value is -3.41. The number of fused-ring (bicyclic) bond motifs is 1. The lowest BCUT2D eigenvalue weighted by Gasteiger charge is -2.34. The predicted octanol–water partition coefficient (Wildman–Crippen LogP) is 2.07. The van der Waals surface area contributed by atoms with Crippen LogP contribution >= 0.6 is 0 Å². The van der Waals surface area contributed by atoms with Crippen LogP contribution in [0.1, 0.15) is 33.6 Å². The smallest absolute Gasteiger partial charge is 0.273 e. The lowest BCUT2D eigenvalue weighted by molar-refractivity contribution is 0.0896. The molecule has 2 heterocycles. The fourth-order valence-corrected chi connectivity index (χ4v) is 3.51. The summed E-state index contributed by atoms with van der Waals surface area (Å²) in [5.74, 6) is -1.17. The van der Waals surface area contributed by atoms with Gasteiger partial charge in [0.25, 0.3) is 5.91 Å². The minimum Gasteiger partial charge on any atom is -0.502 e. The Balaban J connectivity index is 1.91. The van der Waals surface area contributed by atoms with E-state index in [0.29, 0.717) is 6.54 Å². The summed E-state index contributed by atoms with van der Waals surface area (Å²) in [5, 5.41) is 17.1. The van der Waals surface area contributed by atoms with Crippen molar-refractivity contribution < 1.29 is 9.90 Å². The molecular formula is C20H17N3O3. The number of rotatable bonds is 3. The molecule has 0 saturated heterocycles. The Morgan fingerprint density at radius 1 is 1.00 bits per heavy atom. The zero-order chi connectivity index (χ0) is 18.1. The molecule has 2 aromatic carbocycles. The van der Waals surface area contributed by atoms with Crippen LogP contribution in [0.25, 0.3) is 0 Å². The number of nitrogens with zero attached hydrogens (tertiary/aromatic N) is 2. The van der Waals surface area contributed by atoms with Crippen molar-refractivity contribution in [2.45, 2.75) is 12.0 Å². The van der Waals surface area contributed by atoms with Crippen molar-refractivity contribution >= 4 is 5.91 Å². The van der Waals surface area contributed by atoms with Crippen molar-refractivity contribution in [3.8, 4) is 5.75 Å². The Morgan fingerprint density at radius 3 is 2.15 bits per heavy atom. The van der Waals surface area contributed by atoms with Crippen molar-refractivity contribution in [3.63, 3.8) is 0 Å². The quantitative estimate of drug-likeness (QED) is 0.760. The van der Waals surface area contributed by atoms with E-state index in [0.717, 1.165) is 17.3 Å². The summed E-state index contributed by atoms with van der Waals surface area (Å²) in [5.41, 5.74) is 1.37. The number of carbonyl (C=O) groups excluding carboxylic acids is 1. The number of nitrogens with one attached hydrogen (secondary N) is 1. The second kappa shape index (κ2) is 6.48. The fourth-order valence-electron chi connectivity index (χ4n) is 3.51.